The summed E-state index contributed by atoms with van der Waals surface area (Å²) in [6.07, 6.45) is -0.965. The van der Waals surface area contributed by atoms with Gasteiger partial charge in [0.15, 0.2) is 0 Å². The van der Waals surface area contributed by atoms with Crippen LogP contribution in [0.5, 0.6) is 5.75 Å². The molecule has 1 unspecified atom stereocenters. The third-order valence-electron chi connectivity index (χ3n) is 4.30. The summed E-state index contributed by atoms with van der Waals surface area (Å²) in [6, 6.07) is 17.9. The molecule has 1 aliphatic heterocycles. The van der Waals surface area contributed by atoms with E-state index in [0.29, 0.717) is 16.8 Å². The highest BCUT2D eigenvalue weighted by Gasteiger charge is 2.36. The van der Waals surface area contributed by atoms with Gasteiger partial charge in [0.2, 0.25) is 0 Å². The van der Waals surface area contributed by atoms with Crippen molar-refractivity contribution in [1.29, 1.82) is 0 Å². The molecule has 0 saturated heterocycles. The maximum absolute atomic E-state index is 12.9. The second-order valence-electron chi connectivity index (χ2n) is 6.09. The van der Waals surface area contributed by atoms with Crippen molar-refractivity contribution in [2.45, 2.75) is 11.0 Å². The predicted molar refractivity (Wildman–Crippen MR) is 104 cm³/mol. The second-order valence-corrected chi connectivity index (χ2v) is 8.84. The molecule has 5 nitrogen and oxygen atoms in total. The molecule has 0 radical (unpaired) electrons. The average Bonchev–Trinajstić information content (AvgIpc) is 2.84. The molecule has 3 aromatic carbocycles. The Morgan fingerprint density at radius 3 is 2.58 bits per heavy atom. The minimum Gasteiger partial charge on any atom is -0.491 e. The Hall–Kier alpha value is -2.09. The van der Waals surface area contributed by atoms with Crippen LogP contribution in [-0.2, 0) is 10.0 Å². The fraction of sp³-hybridized carbons (Fsp3) is 0.158. The highest BCUT2D eigenvalue weighted by molar-refractivity contribution is 9.10. The number of aliphatic hydroxyl groups is 1. The minimum absolute atomic E-state index is 0.00516. The van der Waals surface area contributed by atoms with Gasteiger partial charge in [0.05, 0.1) is 17.1 Å². The van der Waals surface area contributed by atoms with Gasteiger partial charge in [-0.25, -0.2) is 8.42 Å². The highest BCUT2D eigenvalue weighted by Crippen LogP contribution is 2.41. The molecule has 0 aromatic heterocycles. The first kappa shape index (κ1) is 17.3. The molecule has 1 heterocycles. The molecule has 0 saturated carbocycles. The molecule has 7 heteroatoms. The van der Waals surface area contributed by atoms with Crippen LogP contribution in [0, 0.1) is 0 Å². The summed E-state index contributed by atoms with van der Waals surface area (Å²) in [5.74, 6) is 0.605. The molecule has 3 aromatic rings. The first-order chi connectivity index (χ1) is 12.5. The van der Waals surface area contributed by atoms with Gasteiger partial charge < -0.3 is 9.84 Å². The van der Waals surface area contributed by atoms with E-state index >= 15 is 0 Å². The van der Waals surface area contributed by atoms with Crippen LogP contribution in [0.25, 0.3) is 10.8 Å². The van der Waals surface area contributed by atoms with E-state index in [1.807, 2.05) is 30.3 Å². The number of sulfonamides is 1. The number of β-amino-alcohol motifs (C(OH)–C–C–N with tert-alkyl or cyclic N) is 1. The van der Waals surface area contributed by atoms with E-state index in [2.05, 4.69) is 15.9 Å². The van der Waals surface area contributed by atoms with E-state index in [0.717, 1.165) is 9.86 Å². The van der Waals surface area contributed by atoms with Crippen molar-refractivity contribution < 1.29 is 18.3 Å². The average molecular weight is 434 g/mol. The van der Waals surface area contributed by atoms with E-state index in [4.69, 9.17) is 4.74 Å². The van der Waals surface area contributed by atoms with E-state index in [9.17, 15) is 13.5 Å². The molecule has 0 bridgehead atoms. The summed E-state index contributed by atoms with van der Waals surface area (Å²) in [5, 5.41) is 11.9. The minimum atomic E-state index is -3.67. The number of ether oxygens (including phenoxy) is 1. The molecule has 26 heavy (non-hydrogen) atoms. The Bertz CT molecular complexity index is 1080. The largest absolute Gasteiger partial charge is 0.491 e. The van der Waals surface area contributed by atoms with Crippen molar-refractivity contribution in [2.24, 2.45) is 0 Å². The summed E-state index contributed by atoms with van der Waals surface area (Å²) in [5.41, 5.74) is 0.597. The lowest BCUT2D eigenvalue weighted by atomic mass is 10.1. The SMILES string of the molecule is O=S1(=O)c2cccc3cccc(c23)N1CC(O)COc1cccc(Br)c1. The fourth-order valence-electron chi connectivity index (χ4n) is 3.15. The van der Waals surface area contributed by atoms with Crippen LogP contribution in [0.3, 0.4) is 0 Å². The van der Waals surface area contributed by atoms with Gasteiger partial charge in [-0.05, 0) is 35.7 Å². The smallest absolute Gasteiger partial charge is 0.265 e. The van der Waals surface area contributed by atoms with Crippen molar-refractivity contribution in [3.63, 3.8) is 0 Å². The van der Waals surface area contributed by atoms with Crippen LogP contribution >= 0.6 is 15.9 Å². The van der Waals surface area contributed by atoms with Gasteiger partial charge in [-0.15, -0.1) is 0 Å². The Kier molecular flexibility index (Phi) is 4.38. The van der Waals surface area contributed by atoms with Gasteiger partial charge in [0.1, 0.15) is 18.5 Å². The highest BCUT2D eigenvalue weighted by atomic mass is 79.9. The number of aliphatic hydroxyl groups excluding tert-OH is 1. The maximum atomic E-state index is 12.9. The Labute approximate surface area is 160 Å². The summed E-state index contributed by atoms with van der Waals surface area (Å²) >= 11 is 3.36. The number of anilines is 1. The predicted octanol–water partition coefficient (Wildman–Crippen LogP) is 3.55. The second kappa shape index (κ2) is 6.57. The molecular formula is C19H16BrNO4S. The van der Waals surface area contributed by atoms with Crippen LogP contribution in [0.15, 0.2) is 70.0 Å². The van der Waals surface area contributed by atoms with Gasteiger partial charge >= 0.3 is 0 Å². The number of benzene rings is 3. The zero-order valence-electron chi connectivity index (χ0n) is 13.7. The Morgan fingerprint density at radius 2 is 1.81 bits per heavy atom. The van der Waals surface area contributed by atoms with Crippen LogP contribution in [-0.4, -0.2) is 32.8 Å². The third kappa shape index (κ3) is 2.96. The van der Waals surface area contributed by atoms with Crippen molar-refractivity contribution >= 4 is 42.4 Å². The molecule has 0 spiro atoms. The standard InChI is InChI=1S/C19H16BrNO4S/c20-14-6-3-7-16(10-14)25-12-15(22)11-21-17-8-1-4-13-5-2-9-18(19(13)17)26(21,23)24/h1-10,15,22H,11-12H2. The van der Waals surface area contributed by atoms with E-state index in [1.54, 1.807) is 30.3 Å². The summed E-state index contributed by atoms with van der Waals surface area (Å²) in [4.78, 5) is 0.283. The van der Waals surface area contributed by atoms with Gasteiger partial charge in [-0.1, -0.05) is 46.3 Å². The number of hydrogen-bond acceptors (Lipinski definition) is 4. The molecular weight excluding hydrogens is 418 g/mol. The molecule has 0 amide bonds. The molecule has 0 fully saturated rings. The number of hydrogen-bond donors (Lipinski definition) is 1. The van der Waals surface area contributed by atoms with Gasteiger partial charge in [-0.3, -0.25) is 4.31 Å². The summed E-state index contributed by atoms with van der Waals surface area (Å²) in [7, 11) is -3.67. The lowest BCUT2D eigenvalue weighted by Gasteiger charge is -2.22. The van der Waals surface area contributed by atoms with Crippen molar-refractivity contribution in [3.8, 4) is 5.75 Å². The molecule has 0 aliphatic carbocycles. The number of halogens is 1. The van der Waals surface area contributed by atoms with E-state index in [-0.39, 0.29) is 18.0 Å². The first-order valence-corrected chi connectivity index (χ1v) is 10.3. The Balaban J connectivity index is 1.56. The summed E-state index contributed by atoms with van der Waals surface area (Å²) in [6.45, 7) is -0.0705. The number of rotatable bonds is 5. The van der Waals surface area contributed by atoms with Crippen molar-refractivity contribution in [1.82, 2.24) is 0 Å². The third-order valence-corrected chi connectivity index (χ3v) is 6.61. The summed E-state index contributed by atoms with van der Waals surface area (Å²) < 4.78 is 33.5. The fourth-order valence-corrected chi connectivity index (χ4v) is 5.27. The van der Waals surface area contributed by atoms with Crippen LogP contribution < -0.4 is 9.04 Å². The lowest BCUT2D eigenvalue weighted by Crippen LogP contribution is -2.37. The van der Waals surface area contributed by atoms with Gasteiger partial charge in [0, 0.05) is 9.86 Å². The van der Waals surface area contributed by atoms with Gasteiger partial charge in [-0.2, -0.15) is 0 Å². The molecule has 1 N–H and O–H groups in total. The maximum Gasteiger partial charge on any atom is 0.265 e. The number of nitrogens with zero attached hydrogens (tertiary/aromatic N) is 1. The van der Waals surface area contributed by atoms with Crippen LogP contribution in [0.1, 0.15) is 0 Å². The molecule has 134 valence electrons. The zero-order valence-corrected chi connectivity index (χ0v) is 16.1. The van der Waals surface area contributed by atoms with Crippen LogP contribution in [0.2, 0.25) is 0 Å². The van der Waals surface area contributed by atoms with Crippen molar-refractivity contribution in [3.05, 3.63) is 65.1 Å². The van der Waals surface area contributed by atoms with Gasteiger partial charge in [0.25, 0.3) is 10.0 Å². The van der Waals surface area contributed by atoms with E-state index < -0.39 is 16.1 Å². The first-order valence-electron chi connectivity index (χ1n) is 8.08. The van der Waals surface area contributed by atoms with Crippen molar-refractivity contribution in [2.75, 3.05) is 17.5 Å². The molecule has 4 rings (SSSR count). The zero-order chi connectivity index (χ0) is 18.3. The Morgan fingerprint density at radius 1 is 1.08 bits per heavy atom. The normalized spacial score (nSPS) is 16.0. The van der Waals surface area contributed by atoms with E-state index in [1.165, 1.54) is 4.31 Å². The van der Waals surface area contributed by atoms with Crippen LogP contribution in [0.4, 0.5) is 5.69 Å². The molecule has 1 atom stereocenters. The lowest BCUT2D eigenvalue weighted by molar-refractivity contribution is 0.115. The topological polar surface area (TPSA) is 66.8 Å². The monoisotopic (exact) mass is 433 g/mol. The quantitative estimate of drug-likeness (QED) is 0.667. The molecule has 1 aliphatic rings.